The molecule has 1 aromatic carbocycles. The monoisotopic (exact) mass is 367 g/mol. The molecule has 27 heavy (non-hydrogen) atoms. The molecule has 4 saturated carbocycles. The van der Waals surface area contributed by atoms with Crippen molar-refractivity contribution in [2.75, 3.05) is 7.11 Å². The van der Waals surface area contributed by atoms with Gasteiger partial charge in [0, 0.05) is 17.4 Å². The van der Waals surface area contributed by atoms with E-state index in [-0.39, 0.29) is 5.41 Å². The van der Waals surface area contributed by atoms with Gasteiger partial charge in [-0.2, -0.15) is 0 Å². The summed E-state index contributed by atoms with van der Waals surface area (Å²) in [4.78, 5) is 18.4. The fraction of sp³-hybridized carbons (Fsp3) is 0.652. The van der Waals surface area contributed by atoms with Crippen LogP contribution in [-0.4, -0.2) is 24.3 Å². The van der Waals surface area contributed by atoms with Crippen LogP contribution >= 0.6 is 0 Å². The predicted octanol–water partition coefficient (Wildman–Crippen LogP) is 4.79. The van der Waals surface area contributed by atoms with Crippen LogP contribution in [0.2, 0.25) is 0 Å². The maximum absolute atomic E-state index is 13.6. The number of benzene rings is 1. The third-order valence-electron chi connectivity index (χ3n) is 7.22. The van der Waals surface area contributed by atoms with E-state index in [0.717, 1.165) is 59.8 Å². The summed E-state index contributed by atoms with van der Waals surface area (Å²) >= 11 is 0. The second-order valence-corrected chi connectivity index (χ2v) is 9.77. The van der Waals surface area contributed by atoms with Crippen molar-refractivity contribution in [3.63, 3.8) is 0 Å². The van der Waals surface area contributed by atoms with Gasteiger partial charge in [0.2, 0.25) is 0 Å². The molecule has 4 bridgehead atoms. The fourth-order valence-electron chi connectivity index (χ4n) is 6.55. The Morgan fingerprint density at radius 2 is 1.78 bits per heavy atom. The molecule has 6 rings (SSSR count). The van der Waals surface area contributed by atoms with Crippen molar-refractivity contribution in [1.29, 1.82) is 0 Å². The molecule has 0 amide bonds. The minimum Gasteiger partial charge on any atom is -0.497 e. The summed E-state index contributed by atoms with van der Waals surface area (Å²) < 4.78 is 11.4. The van der Waals surface area contributed by atoms with Crippen LogP contribution in [0.25, 0.3) is 0 Å². The Kier molecular flexibility index (Phi) is 3.73. The Bertz CT molecular complexity index is 788. The standard InChI is InChI=1S/C23H29NO3/c1-22(2)24-19(18-9-17(26-3)4-5-20(18)27-22)10-21(25)23-11-14-6-15(12-23)8-16(7-14)13-23/h4-5,9,14-16H,6-8,10-13H2,1-3H3. The maximum atomic E-state index is 13.6. The van der Waals surface area contributed by atoms with E-state index in [1.165, 1.54) is 19.3 Å². The Morgan fingerprint density at radius 3 is 2.37 bits per heavy atom. The van der Waals surface area contributed by atoms with Crippen molar-refractivity contribution >= 4 is 11.5 Å². The Hall–Kier alpha value is -1.84. The number of ketones is 1. The third-order valence-corrected chi connectivity index (χ3v) is 7.22. The zero-order chi connectivity index (χ0) is 18.8. The average Bonchev–Trinajstić information content (AvgIpc) is 2.59. The van der Waals surface area contributed by atoms with E-state index in [1.54, 1.807) is 7.11 Å². The molecule has 4 fully saturated rings. The molecule has 0 unspecified atom stereocenters. The number of carbonyl (C=O) groups excluding carboxylic acids is 1. The summed E-state index contributed by atoms with van der Waals surface area (Å²) in [5.41, 5.74) is 1.05. The van der Waals surface area contributed by atoms with Crippen LogP contribution in [0.4, 0.5) is 0 Å². The van der Waals surface area contributed by atoms with Crippen LogP contribution in [0, 0.1) is 23.2 Å². The van der Waals surface area contributed by atoms with Gasteiger partial charge in [0.15, 0.2) is 5.72 Å². The Balaban J connectivity index is 1.46. The molecule has 5 aliphatic rings. The number of Topliss-reactive ketones (excluding diaryl/α,β-unsaturated/α-hetero) is 1. The highest BCUT2D eigenvalue weighted by Gasteiger charge is 2.54. The molecule has 144 valence electrons. The molecule has 4 heteroatoms. The van der Waals surface area contributed by atoms with Gasteiger partial charge in [-0.05, 0) is 88.3 Å². The predicted molar refractivity (Wildman–Crippen MR) is 104 cm³/mol. The number of nitrogens with zero attached hydrogens (tertiary/aromatic N) is 1. The van der Waals surface area contributed by atoms with E-state index in [4.69, 9.17) is 14.5 Å². The van der Waals surface area contributed by atoms with Crippen LogP contribution in [0.1, 0.15) is 64.4 Å². The number of carbonyl (C=O) groups is 1. The molecule has 4 aliphatic carbocycles. The molecule has 1 aliphatic heterocycles. The van der Waals surface area contributed by atoms with Gasteiger partial charge in [-0.25, -0.2) is 4.99 Å². The Labute approximate surface area is 161 Å². The van der Waals surface area contributed by atoms with E-state index in [2.05, 4.69) is 0 Å². The van der Waals surface area contributed by atoms with Crippen molar-refractivity contribution in [3.05, 3.63) is 23.8 Å². The zero-order valence-corrected chi connectivity index (χ0v) is 16.6. The van der Waals surface area contributed by atoms with Crippen LogP contribution in [0.5, 0.6) is 11.5 Å². The molecule has 0 N–H and O–H groups in total. The van der Waals surface area contributed by atoms with Gasteiger partial charge in [0.25, 0.3) is 0 Å². The first-order chi connectivity index (χ1) is 12.9. The first kappa shape index (κ1) is 17.3. The normalized spacial score (nSPS) is 35.2. The molecule has 0 saturated heterocycles. The summed E-state index contributed by atoms with van der Waals surface area (Å²) in [6.45, 7) is 3.91. The number of hydrogen-bond donors (Lipinski definition) is 0. The molecule has 0 radical (unpaired) electrons. The maximum Gasteiger partial charge on any atom is 0.194 e. The minimum absolute atomic E-state index is 0.0846. The first-order valence-corrected chi connectivity index (χ1v) is 10.4. The second kappa shape index (κ2) is 5.83. The van der Waals surface area contributed by atoms with Gasteiger partial charge in [0.1, 0.15) is 17.3 Å². The molecule has 0 spiro atoms. The first-order valence-electron chi connectivity index (χ1n) is 10.4. The smallest absolute Gasteiger partial charge is 0.194 e. The van der Waals surface area contributed by atoms with Gasteiger partial charge in [-0.15, -0.1) is 0 Å². The highest BCUT2D eigenvalue weighted by atomic mass is 16.5. The molecule has 1 aromatic rings. The number of rotatable bonds is 4. The summed E-state index contributed by atoms with van der Waals surface area (Å²) in [5.74, 6) is 4.31. The largest absolute Gasteiger partial charge is 0.497 e. The van der Waals surface area contributed by atoms with Crippen LogP contribution in [0.15, 0.2) is 23.2 Å². The fourth-order valence-corrected chi connectivity index (χ4v) is 6.55. The molecule has 0 atom stereocenters. The third kappa shape index (κ3) is 2.88. The zero-order valence-electron chi connectivity index (χ0n) is 16.6. The number of aliphatic imine (C=N–C) groups is 1. The molecule has 0 aromatic heterocycles. The number of fused-ring (bicyclic) bond motifs is 1. The van der Waals surface area contributed by atoms with E-state index in [9.17, 15) is 4.79 Å². The van der Waals surface area contributed by atoms with Gasteiger partial charge in [0.05, 0.1) is 12.8 Å². The number of hydrogen-bond acceptors (Lipinski definition) is 4. The van der Waals surface area contributed by atoms with Gasteiger partial charge in [-0.3, -0.25) is 4.79 Å². The lowest BCUT2D eigenvalue weighted by Gasteiger charge is -2.56. The van der Waals surface area contributed by atoms with Crippen molar-refractivity contribution < 1.29 is 14.3 Å². The SMILES string of the molecule is COc1ccc2c(c1)C(CC(=O)C13CC4CC(CC(C4)C1)C3)=NC(C)(C)O2. The van der Waals surface area contributed by atoms with Gasteiger partial charge in [-0.1, -0.05) is 0 Å². The lowest BCUT2D eigenvalue weighted by Crippen LogP contribution is -2.50. The Morgan fingerprint density at radius 1 is 1.15 bits per heavy atom. The summed E-state index contributed by atoms with van der Waals surface area (Å²) in [6.07, 6.45) is 7.80. The summed E-state index contributed by atoms with van der Waals surface area (Å²) in [7, 11) is 1.66. The molecule has 4 nitrogen and oxygen atoms in total. The van der Waals surface area contributed by atoms with E-state index in [0.29, 0.717) is 12.2 Å². The van der Waals surface area contributed by atoms with Gasteiger partial charge >= 0.3 is 0 Å². The number of methoxy groups -OCH3 is 1. The molecular formula is C23H29NO3. The van der Waals surface area contributed by atoms with Gasteiger partial charge < -0.3 is 9.47 Å². The lowest BCUT2D eigenvalue weighted by molar-refractivity contribution is -0.142. The topological polar surface area (TPSA) is 47.9 Å². The quantitative estimate of drug-likeness (QED) is 0.769. The average molecular weight is 367 g/mol. The number of ether oxygens (including phenoxy) is 2. The van der Waals surface area contributed by atoms with Crippen molar-refractivity contribution in [2.24, 2.45) is 28.2 Å². The summed E-state index contributed by atoms with van der Waals surface area (Å²) in [5, 5.41) is 0. The minimum atomic E-state index is -0.640. The highest BCUT2D eigenvalue weighted by molar-refractivity contribution is 6.14. The molecular weight excluding hydrogens is 338 g/mol. The van der Waals surface area contributed by atoms with Crippen LogP contribution in [-0.2, 0) is 4.79 Å². The summed E-state index contributed by atoms with van der Waals surface area (Å²) in [6, 6.07) is 5.79. The molecule has 1 heterocycles. The van der Waals surface area contributed by atoms with Crippen LogP contribution in [0.3, 0.4) is 0 Å². The van der Waals surface area contributed by atoms with E-state index < -0.39 is 5.72 Å². The van der Waals surface area contributed by atoms with Crippen molar-refractivity contribution in [1.82, 2.24) is 0 Å². The second-order valence-electron chi connectivity index (χ2n) is 9.77. The van der Waals surface area contributed by atoms with E-state index >= 15 is 0 Å². The van der Waals surface area contributed by atoms with E-state index in [1.807, 2.05) is 32.0 Å². The highest BCUT2D eigenvalue weighted by Crippen LogP contribution is 2.60. The van der Waals surface area contributed by atoms with Crippen molar-refractivity contribution in [2.45, 2.75) is 64.5 Å². The van der Waals surface area contributed by atoms with Crippen molar-refractivity contribution in [3.8, 4) is 11.5 Å². The van der Waals surface area contributed by atoms with Crippen LogP contribution < -0.4 is 9.47 Å². The lowest BCUT2D eigenvalue weighted by atomic mass is 9.48.